The second-order valence-corrected chi connectivity index (χ2v) is 6.19. The van der Waals surface area contributed by atoms with Crippen molar-refractivity contribution >= 4 is 23.2 Å². The van der Waals surface area contributed by atoms with Crippen molar-refractivity contribution in [1.29, 1.82) is 0 Å². The number of nitrogens with one attached hydrogen (secondary N) is 1. The monoisotopic (exact) mass is 284 g/mol. The number of aromatic nitrogens is 1. The van der Waals surface area contributed by atoms with Gasteiger partial charge in [0.1, 0.15) is 4.88 Å². The maximum atomic E-state index is 12.2. The Morgan fingerprint density at radius 2 is 2.05 bits per heavy atom. The van der Waals surface area contributed by atoms with Gasteiger partial charge in [-0.3, -0.25) is 9.59 Å². The molecule has 2 N–H and O–H groups in total. The first-order valence-electron chi connectivity index (χ1n) is 6.26. The minimum Gasteiger partial charge on any atom is -0.481 e. The minimum absolute atomic E-state index is 0.0369. The number of nitrogens with zero attached hydrogens (tertiary/aromatic N) is 1. The number of aryl methyl sites for hydroxylation is 2. The number of hydrogen-bond acceptors (Lipinski definition) is 4. The van der Waals surface area contributed by atoms with Crippen LogP contribution in [0.25, 0.3) is 0 Å². The average molecular weight is 284 g/mol. The Kier molecular flexibility index (Phi) is 5.05. The topological polar surface area (TPSA) is 79.3 Å². The first kappa shape index (κ1) is 15.6. The number of amides is 1. The Bertz CT molecular complexity index is 480. The van der Waals surface area contributed by atoms with E-state index in [0.29, 0.717) is 11.3 Å². The van der Waals surface area contributed by atoms with Crippen LogP contribution in [0.1, 0.15) is 54.0 Å². The Balaban J connectivity index is 2.72. The number of hydrogen-bond donors (Lipinski definition) is 2. The summed E-state index contributed by atoms with van der Waals surface area (Å²) in [5, 5.41) is 12.5. The number of carbonyl (C=O) groups is 2. The van der Waals surface area contributed by atoms with E-state index in [2.05, 4.69) is 10.3 Å². The molecule has 0 aliphatic carbocycles. The molecule has 1 aromatic rings. The highest BCUT2D eigenvalue weighted by Gasteiger charge is 2.24. The molecule has 1 rings (SSSR count). The Morgan fingerprint density at radius 3 is 2.53 bits per heavy atom. The maximum Gasteiger partial charge on any atom is 0.303 e. The van der Waals surface area contributed by atoms with E-state index < -0.39 is 11.5 Å². The molecule has 6 heteroatoms. The summed E-state index contributed by atoms with van der Waals surface area (Å²) < 4.78 is 0. The van der Waals surface area contributed by atoms with Crippen molar-refractivity contribution in [3.8, 4) is 0 Å². The molecule has 0 spiro atoms. The summed E-state index contributed by atoms with van der Waals surface area (Å²) in [4.78, 5) is 27.7. The summed E-state index contributed by atoms with van der Waals surface area (Å²) >= 11 is 1.39. The summed E-state index contributed by atoms with van der Waals surface area (Å²) in [6.45, 7) is 7.46. The van der Waals surface area contributed by atoms with Gasteiger partial charge in [-0.15, -0.1) is 11.3 Å². The van der Waals surface area contributed by atoms with Crippen molar-refractivity contribution in [2.24, 2.45) is 0 Å². The second kappa shape index (κ2) is 6.14. The first-order valence-corrected chi connectivity index (χ1v) is 7.07. The van der Waals surface area contributed by atoms with E-state index in [1.807, 2.05) is 27.7 Å². The lowest BCUT2D eigenvalue weighted by molar-refractivity contribution is -0.137. The molecule has 0 aliphatic rings. The molecule has 1 heterocycles. The molecule has 1 aromatic heterocycles. The summed E-state index contributed by atoms with van der Waals surface area (Å²) in [6, 6.07) is 0. The lowest BCUT2D eigenvalue weighted by Gasteiger charge is -2.25. The van der Waals surface area contributed by atoms with Gasteiger partial charge in [0.25, 0.3) is 5.91 Å². The average Bonchev–Trinajstić information content (AvgIpc) is 2.68. The molecule has 0 fully saturated rings. The lowest BCUT2D eigenvalue weighted by Crippen LogP contribution is -2.43. The van der Waals surface area contributed by atoms with Gasteiger partial charge in [-0.05, 0) is 33.6 Å². The normalized spacial score (nSPS) is 11.4. The lowest BCUT2D eigenvalue weighted by atomic mass is 9.98. The fourth-order valence-electron chi connectivity index (χ4n) is 1.66. The third kappa shape index (κ3) is 4.63. The van der Waals surface area contributed by atoms with E-state index in [1.54, 1.807) is 0 Å². The van der Waals surface area contributed by atoms with Crippen molar-refractivity contribution in [3.63, 3.8) is 0 Å². The summed E-state index contributed by atoms with van der Waals surface area (Å²) in [5.74, 6) is -1.03. The van der Waals surface area contributed by atoms with Crippen molar-refractivity contribution in [2.45, 2.75) is 52.5 Å². The smallest absolute Gasteiger partial charge is 0.303 e. The van der Waals surface area contributed by atoms with Crippen molar-refractivity contribution < 1.29 is 14.7 Å². The number of aliphatic carboxylic acids is 1. The maximum absolute atomic E-state index is 12.2. The molecule has 5 nitrogen and oxygen atoms in total. The highest BCUT2D eigenvalue weighted by molar-refractivity contribution is 7.13. The standard InChI is InChI=1S/C13H20N2O3S/c1-5-9-14-8(2)11(19-9)12(18)15-13(3,4)7-6-10(16)17/h5-7H2,1-4H3,(H,15,18)(H,16,17). The van der Waals surface area contributed by atoms with Crippen LogP contribution in [0.2, 0.25) is 0 Å². The zero-order valence-electron chi connectivity index (χ0n) is 11.7. The Hall–Kier alpha value is -1.43. The van der Waals surface area contributed by atoms with Gasteiger partial charge < -0.3 is 10.4 Å². The molecule has 0 atom stereocenters. The van der Waals surface area contributed by atoms with Gasteiger partial charge >= 0.3 is 5.97 Å². The van der Waals surface area contributed by atoms with E-state index in [1.165, 1.54) is 11.3 Å². The van der Waals surface area contributed by atoms with Gasteiger partial charge in [0, 0.05) is 12.0 Å². The predicted octanol–water partition coefficient (Wildman–Crippen LogP) is 2.39. The van der Waals surface area contributed by atoms with E-state index in [9.17, 15) is 9.59 Å². The Morgan fingerprint density at radius 1 is 1.42 bits per heavy atom. The molecule has 19 heavy (non-hydrogen) atoms. The largest absolute Gasteiger partial charge is 0.481 e. The third-order valence-corrected chi connectivity index (χ3v) is 4.07. The SMILES string of the molecule is CCc1nc(C)c(C(=O)NC(C)(C)CCC(=O)O)s1. The minimum atomic E-state index is -0.857. The molecular weight excluding hydrogens is 264 g/mol. The van der Waals surface area contributed by atoms with Crippen LogP contribution in [0.4, 0.5) is 0 Å². The molecule has 0 aromatic carbocycles. The predicted molar refractivity (Wildman–Crippen MR) is 74.6 cm³/mol. The number of carboxylic acids is 1. The van der Waals surface area contributed by atoms with E-state index in [0.717, 1.165) is 17.1 Å². The second-order valence-electron chi connectivity index (χ2n) is 5.11. The van der Waals surface area contributed by atoms with E-state index in [4.69, 9.17) is 5.11 Å². The van der Waals surface area contributed by atoms with Crippen molar-refractivity contribution in [3.05, 3.63) is 15.6 Å². The highest BCUT2D eigenvalue weighted by Crippen LogP contribution is 2.20. The fourth-order valence-corrected chi connectivity index (χ4v) is 2.56. The van der Waals surface area contributed by atoms with Gasteiger partial charge in [0.05, 0.1) is 10.7 Å². The molecule has 0 bridgehead atoms. The number of thiazole rings is 1. The number of carbonyl (C=O) groups excluding carboxylic acids is 1. The van der Waals surface area contributed by atoms with E-state index >= 15 is 0 Å². The molecule has 0 radical (unpaired) electrons. The molecule has 0 unspecified atom stereocenters. The summed E-state index contributed by atoms with van der Waals surface area (Å²) in [6.07, 6.45) is 1.24. The van der Waals surface area contributed by atoms with Gasteiger partial charge in [-0.1, -0.05) is 6.92 Å². The Labute approximate surface area is 117 Å². The molecule has 0 saturated carbocycles. The van der Waals surface area contributed by atoms with Crippen LogP contribution in [-0.2, 0) is 11.2 Å². The van der Waals surface area contributed by atoms with Crippen LogP contribution >= 0.6 is 11.3 Å². The summed E-state index contributed by atoms with van der Waals surface area (Å²) in [5.41, 5.74) is 0.187. The van der Waals surface area contributed by atoms with Crippen LogP contribution in [-0.4, -0.2) is 27.5 Å². The van der Waals surface area contributed by atoms with Crippen LogP contribution in [0, 0.1) is 6.92 Å². The van der Waals surface area contributed by atoms with Crippen LogP contribution < -0.4 is 5.32 Å². The number of carboxylic acid groups (broad SMARTS) is 1. The molecule has 106 valence electrons. The van der Waals surface area contributed by atoms with Crippen molar-refractivity contribution in [1.82, 2.24) is 10.3 Å². The first-order chi connectivity index (χ1) is 8.75. The molecule has 1 amide bonds. The zero-order chi connectivity index (χ0) is 14.6. The molecule has 0 saturated heterocycles. The zero-order valence-corrected chi connectivity index (χ0v) is 12.6. The van der Waals surface area contributed by atoms with Crippen LogP contribution in [0.15, 0.2) is 0 Å². The summed E-state index contributed by atoms with van der Waals surface area (Å²) in [7, 11) is 0. The van der Waals surface area contributed by atoms with Crippen molar-refractivity contribution in [2.75, 3.05) is 0 Å². The van der Waals surface area contributed by atoms with Crippen LogP contribution in [0.3, 0.4) is 0 Å². The molecular formula is C13H20N2O3S. The quantitative estimate of drug-likeness (QED) is 0.840. The van der Waals surface area contributed by atoms with Crippen LogP contribution in [0.5, 0.6) is 0 Å². The fraction of sp³-hybridized carbons (Fsp3) is 0.615. The van der Waals surface area contributed by atoms with Gasteiger partial charge in [0.15, 0.2) is 0 Å². The number of rotatable bonds is 6. The highest BCUT2D eigenvalue weighted by atomic mass is 32.1. The third-order valence-electron chi connectivity index (χ3n) is 2.77. The van der Waals surface area contributed by atoms with Gasteiger partial charge in [-0.25, -0.2) is 4.98 Å². The molecule has 0 aliphatic heterocycles. The van der Waals surface area contributed by atoms with E-state index in [-0.39, 0.29) is 12.3 Å². The van der Waals surface area contributed by atoms with Gasteiger partial charge in [-0.2, -0.15) is 0 Å². The van der Waals surface area contributed by atoms with Gasteiger partial charge in [0.2, 0.25) is 0 Å².